The largest absolute Gasteiger partial charge is 0.439 e. The van der Waals surface area contributed by atoms with Gasteiger partial charge in [0.15, 0.2) is 0 Å². The molecular formula is C13H14N2O. The summed E-state index contributed by atoms with van der Waals surface area (Å²) in [5, 5.41) is 0. The molecule has 3 heteroatoms. The van der Waals surface area contributed by atoms with Crippen LogP contribution in [0.3, 0.4) is 0 Å². The van der Waals surface area contributed by atoms with Gasteiger partial charge < -0.3 is 10.5 Å². The van der Waals surface area contributed by atoms with Crippen LogP contribution in [0.5, 0.6) is 11.6 Å². The number of benzene rings is 1. The lowest BCUT2D eigenvalue weighted by Gasteiger charge is -2.05. The highest BCUT2D eigenvalue weighted by atomic mass is 16.5. The molecule has 1 aromatic heterocycles. The van der Waals surface area contributed by atoms with Gasteiger partial charge in [-0.1, -0.05) is 23.8 Å². The Morgan fingerprint density at radius 3 is 2.44 bits per heavy atom. The smallest absolute Gasteiger partial charge is 0.219 e. The summed E-state index contributed by atoms with van der Waals surface area (Å²) in [6, 6.07) is 11.6. The van der Waals surface area contributed by atoms with Crippen molar-refractivity contribution in [2.75, 3.05) is 0 Å². The molecule has 0 aliphatic carbocycles. The SMILES string of the molecule is Cc1ccc(Oc2ccc(CN)cn2)cc1. The van der Waals surface area contributed by atoms with E-state index in [0.717, 1.165) is 11.3 Å². The zero-order valence-electron chi connectivity index (χ0n) is 9.18. The zero-order valence-corrected chi connectivity index (χ0v) is 9.18. The van der Waals surface area contributed by atoms with E-state index in [1.807, 2.05) is 43.3 Å². The maximum Gasteiger partial charge on any atom is 0.219 e. The molecule has 16 heavy (non-hydrogen) atoms. The van der Waals surface area contributed by atoms with E-state index < -0.39 is 0 Å². The fourth-order valence-corrected chi connectivity index (χ4v) is 1.32. The van der Waals surface area contributed by atoms with Crippen molar-refractivity contribution < 1.29 is 4.74 Å². The van der Waals surface area contributed by atoms with Gasteiger partial charge in [0.1, 0.15) is 5.75 Å². The van der Waals surface area contributed by atoms with Gasteiger partial charge in [-0.05, 0) is 24.6 Å². The van der Waals surface area contributed by atoms with Gasteiger partial charge in [0, 0.05) is 18.8 Å². The van der Waals surface area contributed by atoms with Crippen LogP contribution in [0.4, 0.5) is 0 Å². The Morgan fingerprint density at radius 2 is 1.88 bits per heavy atom. The summed E-state index contributed by atoms with van der Waals surface area (Å²) in [6.45, 7) is 2.54. The van der Waals surface area contributed by atoms with Gasteiger partial charge in [-0.2, -0.15) is 0 Å². The molecule has 0 spiro atoms. The van der Waals surface area contributed by atoms with Crippen molar-refractivity contribution in [2.45, 2.75) is 13.5 Å². The monoisotopic (exact) mass is 214 g/mol. The van der Waals surface area contributed by atoms with Crippen molar-refractivity contribution in [1.82, 2.24) is 4.98 Å². The summed E-state index contributed by atoms with van der Waals surface area (Å²) in [4.78, 5) is 4.17. The first-order chi connectivity index (χ1) is 7.78. The molecule has 0 saturated heterocycles. The number of pyridine rings is 1. The number of rotatable bonds is 3. The minimum absolute atomic E-state index is 0.498. The number of aryl methyl sites for hydroxylation is 1. The molecule has 2 N–H and O–H groups in total. The third-order valence-corrected chi connectivity index (χ3v) is 2.28. The van der Waals surface area contributed by atoms with E-state index in [1.54, 1.807) is 6.20 Å². The Hall–Kier alpha value is -1.87. The van der Waals surface area contributed by atoms with Gasteiger partial charge in [0.05, 0.1) is 0 Å². The second-order valence-corrected chi connectivity index (χ2v) is 3.62. The number of ether oxygens (including phenoxy) is 1. The average Bonchev–Trinajstić information content (AvgIpc) is 2.33. The Balaban J connectivity index is 2.11. The van der Waals surface area contributed by atoms with Crippen LogP contribution in [-0.4, -0.2) is 4.98 Å². The zero-order chi connectivity index (χ0) is 11.4. The Morgan fingerprint density at radius 1 is 1.12 bits per heavy atom. The van der Waals surface area contributed by atoms with Gasteiger partial charge in [-0.15, -0.1) is 0 Å². The molecule has 0 saturated carbocycles. The first kappa shape index (κ1) is 10.6. The predicted molar refractivity (Wildman–Crippen MR) is 63.4 cm³/mol. The number of hydrogen-bond donors (Lipinski definition) is 1. The molecule has 0 radical (unpaired) electrons. The summed E-state index contributed by atoms with van der Waals surface area (Å²) in [7, 11) is 0. The molecule has 0 unspecified atom stereocenters. The topological polar surface area (TPSA) is 48.1 Å². The molecule has 2 aromatic rings. The lowest BCUT2D eigenvalue weighted by Crippen LogP contribution is -1.97. The second-order valence-electron chi connectivity index (χ2n) is 3.62. The van der Waals surface area contributed by atoms with Gasteiger partial charge in [-0.3, -0.25) is 0 Å². The Bertz CT molecular complexity index is 448. The van der Waals surface area contributed by atoms with Crippen LogP contribution in [0.25, 0.3) is 0 Å². The van der Waals surface area contributed by atoms with Crippen LogP contribution in [0.2, 0.25) is 0 Å². The van der Waals surface area contributed by atoms with Crippen molar-refractivity contribution in [3.8, 4) is 11.6 Å². The highest BCUT2D eigenvalue weighted by Gasteiger charge is 1.98. The van der Waals surface area contributed by atoms with Crippen LogP contribution >= 0.6 is 0 Å². The van der Waals surface area contributed by atoms with Crippen molar-refractivity contribution >= 4 is 0 Å². The van der Waals surface area contributed by atoms with E-state index in [0.29, 0.717) is 12.4 Å². The number of nitrogens with zero attached hydrogens (tertiary/aromatic N) is 1. The van der Waals surface area contributed by atoms with Crippen LogP contribution in [0.1, 0.15) is 11.1 Å². The first-order valence-electron chi connectivity index (χ1n) is 5.17. The Kier molecular flexibility index (Phi) is 3.17. The molecule has 0 fully saturated rings. The van der Waals surface area contributed by atoms with Crippen molar-refractivity contribution in [2.24, 2.45) is 5.73 Å². The summed E-state index contributed by atoms with van der Waals surface area (Å²) >= 11 is 0. The number of nitrogens with two attached hydrogens (primary N) is 1. The molecular weight excluding hydrogens is 200 g/mol. The molecule has 0 bridgehead atoms. The maximum atomic E-state index is 5.58. The van der Waals surface area contributed by atoms with Crippen molar-refractivity contribution in [3.63, 3.8) is 0 Å². The second kappa shape index (κ2) is 4.77. The number of hydrogen-bond acceptors (Lipinski definition) is 3. The third kappa shape index (κ3) is 2.58. The summed E-state index contributed by atoms with van der Waals surface area (Å²) < 4.78 is 5.58. The maximum absolute atomic E-state index is 5.58. The van der Waals surface area contributed by atoms with Crippen molar-refractivity contribution in [3.05, 3.63) is 53.7 Å². The lowest BCUT2D eigenvalue weighted by molar-refractivity contribution is 0.462. The Labute approximate surface area is 94.9 Å². The standard InChI is InChI=1S/C13H14N2O/c1-10-2-5-12(6-3-10)16-13-7-4-11(8-14)9-15-13/h2-7,9H,8,14H2,1H3. The van der Waals surface area contributed by atoms with Crippen LogP contribution in [0, 0.1) is 6.92 Å². The highest BCUT2D eigenvalue weighted by Crippen LogP contribution is 2.19. The molecule has 2 rings (SSSR count). The van der Waals surface area contributed by atoms with Gasteiger partial charge >= 0.3 is 0 Å². The molecule has 3 nitrogen and oxygen atoms in total. The third-order valence-electron chi connectivity index (χ3n) is 2.28. The first-order valence-corrected chi connectivity index (χ1v) is 5.17. The van der Waals surface area contributed by atoms with E-state index >= 15 is 0 Å². The quantitative estimate of drug-likeness (QED) is 0.854. The fourth-order valence-electron chi connectivity index (χ4n) is 1.32. The number of aromatic nitrogens is 1. The molecule has 1 aromatic carbocycles. The highest BCUT2D eigenvalue weighted by molar-refractivity contribution is 5.30. The summed E-state index contributed by atoms with van der Waals surface area (Å²) in [6.07, 6.45) is 1.73. The summed E-state index contributed by atoms with van der Waals surface area (Å²) in [5.74, 6) is 1.37. The van der Waals surface area contributed by atoms with Gasteiger partial charge in [0.25, 0.3) is 0 Å². The van der Waals surface area contributed by atoms with Gasteiger partial charge in [0.2, 0.25) is 5.88 Å². The minimum atomic E-state index is 0.498. The van der Waals surface area contributed by atoms with E-state index in [-0.39, 0.29) is 0 Å². The van der Waals surface area contributed by atoms with Crippen LogP contribution in [-0.2, 0) is 6.54 Å². The van der Waals surface area contributed by atoms with Crippen LogP contribution < -0.4 is 10.5 Å². The average molecular weight is 214 g/mol. The molecule has 0 amide bonds. The van der Waals surface area contributed by atoms with E-state index in [2.05, 4.69) is 4.98 Å². The molecule has 0 aliphatic heterocycles. The normalized spacial score (nSPS) is 10.1. The van der Waals surface area contributed by atoms with Crippen molar-refractivity contribution in [1.29, 1.82) is 0 Å². The fraction of sp³-hybridized carbons (Fsp3) is 0.154. The minimum Gasteiger partial charge on any atom is -0.439 e. The van der Waals surface area contributed by atoms with E-state index in [1.165, 1.54) is 5.56 Å². The molecule has 82 valence electrons. The van der Waals surface area contributed by atoms with Gasteiger partial charge in [-0.25, -0.2) is 4.98 Å². The molecule has 0 atom stereocenters. The predicted octanol–water partition coefficient (Wildman–Crippen LogP) is 2.64. The lowest BCUT2D eigenvalue weighted by atomic mass is 10.2. The van der Waals surface area contributed by atoms with E-state index in [9.17, 15) is 0 Å². The van der Waals surface area contributed by atoms with E-state index in [4.69, 9.17) is 10.5 Å². The molecule has 1 heterocycles. The summed E-state index contributed by atoms with van der Waals surface area (Å²) in [5.41, 5.74) is 7.69. The van der Waals surface area contributed by atoms with Crippen LogP contribution in [0.15, 0.2) is 42.6 Å². The molecule has 0 aliphatic rings.